The second-order valence-corrected chi connectivity index (χ2v) is 3.61. The topological polar surface area (TPSA) is 17.1 Å². The summed E-state index contributed by atoms with van der Waals surface area (Å²) in [5, 5.41) is 0. The van der Waals surface area contributed by atoms with E-state index < -0.39 is 10.8 Å². The van der Waals surface area contributed by atoms with Crippen LogP contribution in [0.1, 0.15) is 0 Å². The summed E-state index contributed by atoms with van der Waals surface area (Å²) in [7, 11) is -0.901. The molecule has 0 spiro atoms. The standard InChI is InChI=1S/C9H10OS/c1-2-8-11(10)9-6-4-3-5-7-9/h2-7H,1,8H2/t11-/m0/s1. The van der Waals surface area contributed by atoms with E-state index in [9.17, 15) is 4.21 Å². The van der Waals surface area contributed by atoms with Crippen LogP contribution in [0.25, 0.3) is 0 Å². The Hall–Kier alpha value is -0.890. The first-order valence-electron chi connectivity index (χ1n) is 3.39. The molecule has 0 aliphatic carbocycles. The van der Waals surface area contributed by atoms with E-state index in [4.69, 9.17) is 0 Å². The van der Waals surface area contributed by atoms with Gasteiger partial charge in [0.1, 0.15) is 0 Å². The van der Waals surface area contributed by atoms with Gasteiger partial charge in [-0.25, -0.2) is 0 Å². The van der Waals surface area contributed by atoms with Gasteiger partial charge in [-0.2, -0.15) is 0 Å². The van der Waals surface area contributed by atoms with Gasteiger partial charge in [-0.15, -0.1) is 6.58 Å². The molecule has 58 valence electrons. The van der Waals surface area contributed by atoms with Crippen molar-refractivity contribution >= 4 is 10.8 Å². The largest absolute Gasteiger partial charge is 0.254 e. The van der Waals surface area contributed by atoms with Gasteiger partial charge in [0.05, 0.1) is 10.8 Å². The molecule has 1 nitrogen and oxygen atoms in total. The number of hydrogen-bond acceptors (Lipinski definition) is 1. The minimum Gasteiger partial charge on any atom is -0.254 e. The molecule has 0 saturated heterocycles. The minimum absolute atomic E-state index is 0.532. The lowest BCUT2D eigenvalue weighted by molar-refractivity contribution is 0.685. The van der Waals surface area contributed by atoms with E-state index in [1.54, 1.807) is 6.08 Å². The summed E-state index contributed by atoms with van der Waals surface area (Å²) in [5.74, 6) is 0.532. The van der Waals surface area contributed by atoms with Crippen molar-refractivity contribution in [2.45, 2.75) is 4.90 Å². The molecule has 0 aliphatic rings. The van der Waals surface area contributed by atoms with Crippen LogP contribution in [0.15, 0.2) is 47.9 Å². The third kappa shape index (κ3) is 2.31. The van der Waals surface area contributed by atoms with Crippen molar-refractivity contribution in [1.29, 1.82) is 0 Å². The molecular weight excluding hydrogens is 156 g/mol. The van der Waals surface area contributed by atoms with Gasteiger partial charge in [0.15, 0.2) is 0 Å². The van der Waals surface area contributed by atoms with Crippen LogP contribution >= 0.6 is 0 Å². The Labute approximate surface area is 69.2 Å². The third-order valence-electron chi connectivity index (χ3n) is 1.28. The van der Waals surface area contributed by atoms with Crippen molar-refractivity contribution in [3.05, 3.63) is 43.0 Å². The van der Waals surface area contributed by atoms with Crippen molar-refractivity contribution < 1.29 is 4.21 Å². The van der Waals surface area contributed by atoms with Gasteiger partial charge in [-0.3, -0.25) is 4.21 Å². The molecule has 0 aliphatic heterocycles. The van der Waals surface area contributed by atoms with Crippen molar-refractivity contribution in [3.8, 4) is 0 Å². The first kappa shape index (κ1) is 8.21. The predicted octanol–water partition coefficient (Wildman–Crippen LogP) is 1.98. The summed E-state index contributed by atoms with van der Waals surface area (Å²) in [6, 6.07) is 9.40. The van der Waals surface area contributed by atoms with E-state index in [1.165, 1.54) is 0 Å². The maximum absolute atomic E-state index is 11.3. The van der Waals surface area contributed by atoms with Crippen LogP contribution in [0.3, 0.4) is 0 Å². The molecule has 0 aromatic heterocycles. The molecule has 1 aromatic rings. The summed E-state index contributed by atoms with van der Waals surface area (Å²) < 4.78 is 11.3. The van der Waals surface area contributed by atoms with Gasteiger partial charge >= 0.3 is 0 Å². The van der Waals surface area contributed by atoms with E-state index in [0.717, 1.165) is 4.90 Å². The molecule has 0 radical (unpaired) electrons. The molecule has 1 rings (SSSR count). The van der Waals surface area contributed by atoms with Crippen LogP contribution in [0.5, 0.6) is 0 Å². The van der Waals surface area contributed by atoms with Crippen molar-refractivity contribution in [2.75, 3.05) is 5.75 Å². The fourth-order valence-electron chi connectivity index (χ4n) is 0.776. The molecule has 0 saturated carbocycles. The molecule has 0 heterocycles. The lowest BCUT2D eigenvalue weighted by atomic mass is 10.4. The molecular formula is C9H10OS. The van der Waals surface area contributed by atoms with E-state index in [0.29, 0.717) is 5.75 Å². The highest BCUT2D eigenvalue weighted by Gasteiger charge is 1.97. The molecule has 11 heavy (non-hydrogen) atoms. The van der Waals surface area contributed by atoms with Crippen LogP contribution in [0.2, 0.25) is 0 Å². The molecule has 0 fully saturated rings. The SMILES string of the molecule is C=CC[S@](=O)c1ccccc1. The first-order chi connectivity index (χ1) is 5.34. The third-order valence-corrected chi connectivity index (χ3v) is 2.61. The van der Waals surface area contributed by atoms with Crippen LogP contribution in [-0.4, -0.2) is 9.96 Å². The van der Waals surface area contributed by atoms with Crippen LogP contribution in [0.4, 0.5) is 0 Å². The molecule has 1 atom stereocenters. The lowest BCUT2D eigenvalue weighted by Gasteiger charge is -1.95. The Morgan fingerprint density at radius 2 is 2.00 bits per heavy atom. The minimum atomic E-state index is -0.901. The van der Waals surface area contributed by atoms with Gasteiger partial charge < -0.3 is 0 Å². The first-order valence-corrected chi connectivity index (χ1v) is 4.71. The normalized spacial score (nSPS) is 12.4. The molecule has 1 aromatic carbocycles. The highest BCUT2D eigenvalue weighted by Crippen LogP contribution is 2.04. The maximum atomic E-state index is 11.3. The van der Waals surface area contributed by atoms with E-state index >= 15 is 0 Å². The van der Waals surface area contributed by atoms with Gasteiger partial charge in [0.25, 0.3) is 0 Å². The Morgan fingerprint density at radius 1 is 1.36 bits per heavy atom. The molecule has 0 unspecified atom stereocenters. The van der Waals surface area contributed by atoms with Crippen molar-refractivity contribution in [2.24, 2.45) is 0 Å². The number of hydrogen-bond donors (Lipinski definition) is 0. The Bertz CT molecular complexity index is 254. The van der Waals surface area contributed by atoms with Crippen molar-refractivity contribution in [1.82, 2.24) is 0 Å². The van der Waals surface area contributed by atoms with E-state index in [-0.39, 0.29) is 0 Å². The fourth-order valence-corrected chi connectivity index (χ4v) is 1.64. The highest BCUT2D eigenvalue weighted by atomic mass is 32.2. The zero-order valence-electron chi connectivity index (χ0n) is 6.19. The Balaban J connectivity index is 2.77. The Morgan fingerprint density at radius 3 is 2.55 bits per heavy atom. The fraction of sp³-hybridized carbons (Fsp3) is 0.111. The second kappa shape index (κ2) is 4.09. The van der Waals surface area contributed by atoms with Crippen molar-refractivity contribution in [3.63, 3.8) is 0 Å². The second-order valence-electron chi connectivity index (χ2n) is 2.11. The number of benzene rings is 1. The summed E-state index contributed by atoms with van der Waals surface area (Å²) >= 11 is 0. The quantitative estimate of drug-likeness (QED) is 0.627. The average molecular weight is 166 g/mol. The monoisotopic (exact) mass is 166 g/mol. The highest BCUT2D eigenvalue weighted by molar-refractivity contribution is 7.85. The molecule has 0 N–H and O–H groups in total. The predicted molar refractivity (Wildman–Crippen MR) is 47.9 cm³/mol. The lowest BCUT2D eigenvalue weighted by Crippen LogP contribution is -1.93. The molecule has 0 bridgehead atoms. The summed E-state index contributed by atoms with van der Waals surface area (Å²) in [6.45, 7) is 3.53. The Kier molecular flexibility index (Phi) is 3.05. The average Bonchev–Trinajstić information content (AvgIpc) is 2.07. The summed E-state index contributed by atoms with van der Waals surface area (Å²) in [6.07, 6.45) is 1.67. The van der Waals surface area contributed by atoms with Gasteiger partial charge in [-0.1, -0.05) is 24.3 Å². The maximum Gasteiger partial charge on any atom is 0.0567 e. The van der Waals surface area contributed by atoms with E-state index in [1.807, 2.05) is 30.3 Å². The number of rotatable bonds is 3. The smallest absolute Gasteiger partial charge is 0.0567 e. The van der Waals surface area contributed by atoms with Gasteiger partial charge in [-0.05, 0) is 12.1 Å². The molecule has 2 heteroatoms. The zero-order chi connectivity index (χ0) is 8.10. The van der Waals surface area contributed by atoms with Gasteiger partial charge in [0.2, 0.25) is 0 Å². The van der Waals surface area contributed by atoms with Crippen LogP contribution in [0, 0.1) is 0 Å². The summed E-state index contributed by atoms with van der Waals surface area (Å²) in [4.78, 5) is 0.868. The molecule has 0 amide bonds. The zero-order valence-corrected chi connectivity index (χ0v) is 7.01. The van der Waals surface area contributed by atoms with Gasteiger partial charge in [0, 0.05) is 10.6 Å². The summed E-state index contributed by atoms with van der Waals surface area (Å²) in [5.41, 5.74) is 0. The van der Waals surface area contributed by atoms with E-state index in [2.05, 4.69) is 6.58 Å². The van der Waals surface area contributed by atoms with Crippen LogP contribution < -0.4 is 0 Å². The van der Waals surface area contributed by atoms with Crippen LogP contribution in [-0.2, 0) is 10.8 Å².